The van der Waals surface area contributed by atoms with Crippen molar-refractivity contribution in [2.24, 2.45) is 12.0 Å². The van der Waals surface area contributed by atoms with Crippen LogP contribution in [0.5, 0.6) is 11.5 Å². The molecular formula is C22H29IN6O2S. The van der Waals surface area contributed by atoms with E-state index >= 15 is 0 Å². The number of fused-ring (bicyclic) bond motifs is 1. The Kier molecular flexibility index (Phi) is 8.35. The van der Waals surface area contributed by atoms with Gasteiger partial charge in [0.05, 0.1) is 20.8 Å². The highest BCUT2D eigenvalue weighted by atomic mass is 127. The zero-order valence-electron chi connectivity index (χ0n) is 18.8. The van der Waals surface area contributed by atoms with E-state index in [9.17, 15) is 0 Å². The summed E-state index contributed by atoms with van der Waals surface area (Å²) in [6.45, 7) is 4.78. The number of aliphatic imine (C=N–C) groups is 1. The zero-order chi connectivity index (χ0) is 21.8. The fraction of sp³-hybridized carbons (Fsp3) is 0.409. The van der Waals surface area contributed by atoms with Crippen molar-refractivity contribution in [2.75, 3.05) is 20.8 Å². The first-order valence-corrected chi connectivity index (χ1v) is 11.1. The van der Waals surface area contributed by atoms with E-state index in [0.29, 0.717) is 6.54 Å². The van der Waals surface area contributed by atoms with E-state index in [-0.39, 0.29) is 24.0 Å². The number of aromatic nitrogens is 3. The molecule has 0 atom stereocenters. The number of thiophene rings is 1. The second-order valence-electron chi connectivity index (χ2n) is 7.44. The van der Waals surface area contributed by atoms with Crippen LogP contribution in [0.25, 0.3) is 0 Å². The fourth-order valence-corrected chi connectivity index (χ4v) is 4.29. The van der Waals surface area contributed by atoms with Gasteiger partial charge in [0.25, 0.3) is 0 Å². The van der Waals surface area contributed by atoms with Gasteiger partial charge in [-0.05, 0) is 48.1 Å². The SMILES string of the molecule is COc1cc2c(cc1OC)CN(C(=NCc1nnc(C)n1C)NCc1cccs1)CC2.I. The van der Waals surface area contributed by atoms with E-state index < -0.39 is 0 Å². The molecule has 0 amide bonds. The minimum Gasteiger partial charge on any atom is -0.493 e. The molecule has 0 saturated heterocycles. The van der Waals surface area contributed by atoms with E-state index in [0.717, 1.165) is 55.2 Å². The lowest BCUT2D eigenvalue weighted by Crippen LogP contribution is -2.43. The Morgan fingerprint density at radius 2 is 1.94 bits per heavy atom. The van der Waals surface area contributed by atoms with Gasteiger partial charge >= 0.3 is 0 Å². The summed E-state index contributed by atoms with van der Waals surface area (Å²) in [5, 5.41) is 14.0. The van der Waals surface area contributed by atoms with Crippen molar-refractivity contribution in [1.29, 1.82) is 0 Å². The summed E-state index contributed by atoms with van der Waals surface area (Å²) >= 11 is 1.74. The van der Waals surface area contributed by atoms with Gasteiger partial charge in [-0.15, -0.1) is 45.5 Å². The summed E-state index contributed by atoms with van der Waals surface area (Å²) in [6.07, 6.45) is 0.915. The Morgan fingerprint density at radius 3 is 2.56 bits per heavy atom. The van der Waals surface area contributed by atoms with Crippen LogP contribution in [0.4, 0.5) is 0 Å². The molecule has 10 heteroatoms. The zero-order valence-corrected chi connectivity index (χ0v) is 21.9. The van der Waals surface area contributed by atoms with Gasteiger partial charge in [-0.3, -0.25) is 0 Å². The third-order valence-electron chi connectivity index (χ3n) is 5.57. The molecular weight excluding hydrogens is 539 g/mol. The number of benzene rings is 1. The summed E-state index contributed by atoms with van der Waals surface area (Å²) < 4.78 is 13.0. The Balaban J connectivity index is 0.00000289. The smallest absolute Gasteiger partial charge is 0.194 e. The minimum atomic E-state index is 0. The van der Waals surface area contributed by atoms with Crippen LogP contribution in [0.3, 0.4) is 0 Å². The molecule has 32 heavy (non-hydrogen) atoms. The molecule has 1 aliphatic heterocycles. The molecule has 8 nitrogen and oxygen atoms in total. The van der Waals surface area contributed by atoms with Crippen molar-refractivity contribution in [1.82, 2.24) is 25.0 Å². The predicted molar refractivity (Wildman–Crippen MR) is 137 cm³/mol. The van der Waals surface area contributed by atoms with E-state index in [1.807, 2.05) is 18.5 Å². The van der Waals surface area contributed by atoms with Gasteiger partial charge in [0, 0.05) is 25.0 Å². The van der Waals surface area contributed by atoms with Gasteiger partial charge in [0.1, 0.15) is 12.4 Å². The standard InChI is InChI=1S/C22H28N6O2S.HI/c1-15-25-26-21(27(15)2)13-24-22(23-12-18-6-5-9-31-18)28-8-7-16-10-19(29-3)20(30-4)11-17(16)14-28;/h5-6,9-11H,7-8,12-14H2,1-4H3,(H,23,24);1H. The highest BCUT2D eigenvalue weighted by Crippen LogP contribution is 2.33. The number of hydrogen-bond donors (Lipinski definition) is 1. The van der Waals surface area contributed by atoms with Gasteiger partial charge in [-0.25, -0.2) is 4.99 Å². The highest BCUT2D eigenvalue weighted by Gasteiger charge is 2.22. The summed E-state index contributed by atoms with van der Waals surface area (Å²) in [5.74, 6) is 4.12. The van der Waals surface area contributed by atoms with Crippen molar-refractivity contribution in [3.8, 4) is 11.5 Å². The first kappa shape index (κ1) is 24.3. The van der Waals surface area contributed by atoms with Crippen LogP contribution >= 0.6 is 35.3 Å². The fourth-order valence-electron chi connectivity index (χ4n) is 3.65. The number of nitrogens with one attached hydrogen (secondary N) is 1. The molecule has 1 N–H and O–H groups in total. The first-order valence-electron chi connectivity index (χ1n) is 10.2. The van der Waals surface area contributed by atoms with Crippen LogP contribution in [0.2, 0.25) is 0 Å². The van der Waals surface area contributed by atoms with Crippen LogP contribution in [0.1, 0.15) is 27.7 Å². The van der Waals surface area contributed by atoms with Crippen LogP contribution in [-0.4, -0.2) is 46.4 Å². The molecule has 1 aliphatic rings. The maximum atomic E-state index is 5.51. The van der Waals surface area contributed by atoms with Crippen molar-refractivity contribution < 1.29 is 9.47 Å². The number of rotatable bonds is 6. The van der Waals surface area contributed by atoms with Gasteiger partial charge in [-0.2, -0.15) is 0 Å². The Hall–Kier alpha value is -2.34. The topological polar surface area (TPSA) is 76.8 Å². The molecule has 0 spiro atoms. The monoisotopic (exact) mass is 568 g/mol. The van der Waals surface area contributed by atoms with Gasteiger partial charge < -0.3 is 24.3 Å². The van der Waals surface area contributed by atoms with Gasteiger partial charge in [0.15, 0.2) is 23.3 Å². The van der Waals surface area contributed by atoms with Crippen LogP contribution in [0, 0.1) is 6.92 Å². The van der Waals surface area contributed by atoms with Crippen molar-refractivity contribution in [3.63, 3.8) is 0 Å². The lowest BCUT2D eigenvalue weighted by Gasteiger charge is -2.32. The van der Waals surface area contributed by atoms with Crippen molar-refractivity contribution in [3.05, 3.63) is 57.3 Å². The minimum absolute atomic E-state index is 0. The first-order chi connectivity index (χ1) is 15.1. The van der Waals surface area contributed by atoms with E-state index in [4.69, 9.17) is 14.5 Å². The third-order valence-corrected chi connectivity index (χ3v) is 6.45. The summed E-state index contributed by atoms with van der Waals surface area (Å²) in [4.78, 5) is 8.45. The lowest BCUT2D eigenvalue weighted by atomic mass is 9.99. The Bertz CT molecular complexity index is 1070. The molecule has 1 aromatic carbocycles. The lowest BCUT2D eigenvalue weighted by molar-refractivity contribution is 0.345. The van der Waals surface area contributed by atoms with Crippen molar-refractivity contribution in [2.45, 2.75) is 33.0 Å². The number of hydrogen-bond acceptors (Lipinski definition) is 6. The molecule has 172 valence electrons. The molecule has 0 aliphatic carbocycles. The second-order valence-corrected chi connectivity index (χ2v) is 8.47. The van der Waals surface area contributed by atoms with Gasteiger partial charge in [0.2, 0.25) is 0 Å². The van der Waals surface area contributed by atoms with Crippen LogP contribution < -0.4 is 14.8 Å². The average Bonchev–Trinajstić information content (AvgIpc) is 3.43. The van der Waals surface area contributed by atoms with Crippen LogP contribution in [0.15, 0.2) is 34.6 Å². The molecule has 2 aromatic heterocycles. The quantitative estimate of drug-likeness (QED) is 0.279. The molecule has 0 radical (unpaired) electrons. The third kappa shape index (κ3) is 5.34. The molecule has 0 fully saturated rings. The molecule has 4 rings (SSSR count). The summed E-state index contributed by atoms with van der Waals surface area (Å²) in [6, 6.07) is 8.36. The maximum Gasteiger partial charge on any atom is 0.194 e. The molecule has 0 unspecified atom stereocenters. The number of guanidine groups is 1. The number of aryl methyl sites for hydroxylation is 1. The molecule has 0 saturated carbocycles. The van der Waals surface area contributed by atoms with E-state index in [1.54, 1.807) is 25.6 Å². The van der Waals surface area contributed by atoms with E-state index in [1.165, 1.54) is 16.0 Å². The van der Waals surface area contributed by atoms with Crippen LogP contribution in [-0.2, 0) is 33.1 Å². The summed E-state index contributed by atoms with van der Waals surface area (Å²) in [7, 11) is 5.31. The number of halogens is 1. The maximum absolute atomic E-state index is 5.51. The van der Waals surface area contributed by atoms with Crippen molar-refractivity contribution >= 4 is 41.3 Å². The van der Waals surface area contributed by atoms with E-state index in [2.05, 4.69) is 50.1 Å². The normalized spacial score (nSPS) is 13.4. The second kappa shape index (κ2) is 11.0. The average molecular weight is 568 g/mol. The largest absolute Gasteiger partial charge is 0.493 e. The molecule has 3 heterocycles. The number of ether oxygens (including phenoxy) is 2. The molecule has 0 bridgehead atoms. The number of nitrogens with zero attached hydrogens (tertiary/aromatic N) is 5. The Labute approximate surface area is 209 Å². The Morgan fingerprint density at radius 1 is 1.19 bits per heavy atom. The van der Waals surface area contributed by atoms with Gasteiger partial charge in [-0.1, -0.05) is 6.07 Å². The number of methoxy groups -OCH3 is 2. The predicted octanol–water partition coefficient (Wildman–Crippen LogP) is 3.52. The highest BCUT2D eigenvalue weighted by molar-refractivity contribution is 14.0. The molecule has 3 aromatic rings. The summed E-state index contributed by atoms with van der Waals surface area (Å²) in [5.41, 5.74) is 2.51.